The quantitative estimate of drug-likeness (QED) is 0.0626. The van der Waals surface area contributed by atoms with Gasteiger partial charge < -0.3 is 23.8 Å². The number of pyridine rings is 1. The summed E-state index contributed by atoms with van der Waals surface area (Å²) in [5, 5.41) is 1.32. The zero-order chi connectivity index (χ0) is 46.7. The van der Waals surface area contributed by atoms with Crippen molar-refractivity contribution in [2.24, 2.45) is 0 Å². The molecule has 4 aromatic rings. The van der Waals surface area contributed by atoms with Crippen molar-refractivity contribution in [2.75, 3.05) is 51.6 Å². The molecule has 0 radical (unpaired) electrons. The summed E-state index contributed by atoms with van der Waals surface area (Å²) >= 11 is 0. The van der Waals surface area contributed by atoms with Crippen LogP contribution in [0.5, 0.6) is 11.8 Å². The van der Waals surface area contributed by atoms with Gasteiger partial charge in [-0.15, -0.1) is 5.54 Å². The van der Waals surface area contributed by atoms with Crippen molar-refractivity contribution in [1.82, 2.24) is 24.8 Å². The number of piperazine rings is 1. The van der Waals surface area contributed by atoms with Crippen molar-refractivity contribution < 1.29 is 36.9 Å². The third kappa shape index (κ3) is 8.66. The van der Waals surface area contributed by atoms with Gasteiger partial charge in [-0.25, -0.2) is 18.0 Å². The van der Waals surface area contributed by atoms with Gasteiger partial charge in [0.1, 0.15) is 55.0 Å². The molecule has 4 fully saturated rings. The molecular weight excluding hydrogens is 850 g/mol. The van der Waals surface area contributed by atoms with Crippen LogP contribution in [0.2, 0.25) is 16.6 Å². The van der Waals surface area contributed by atoms with Crippen LogP contribution >= 0.6 is 0 Å². The van der Waals surface area contributed by atoms with Gasteiger partial charge in [-0.2, -0.15) is 9.97 Å². The van der Waals surface area contributed by atoms with E-state index in [9.17, 15) is 9.18 Å². The summed E-state index contributed by atoms with van der Waals surface area (Å²) in [5.41, 5.74) is 4.56. The molecule has 2 aromatic heterocycles. The molecule has 2 unspecified atom stereocenters. The third-order valence-electron chi connectivity index (χ3n) is 14.1. The maximum Gasteiger partial charge on any atom is 0.410 e. The Bertz CT molecular complexity index is 2540. The van der Waals surface area contributed by atoms with Crippen molar-refractivity contribution in [1.29, 1.82) is 0 Å². The van der Waals surface area contributed by atoms with Crippen LogP contribution in [0.4, 0.5) is 23.8 Å². The maximum absolute atomic E-state index is 17.9. The Hall–Kier alpha value is -4.91. The van der Waals surface area contributed by atoms with Crippen LogP contribution in [-0.4, -0.2) is 115 Å². The number of alkyl halides is 1. The van der Waals surface area contributed by atoms with E-state index in [2.05, 4.69) is 64.5 Å². The van der Waals surface area contributed by atoms with Crippen LogP contribution in [0.15, 0.2) is 42.6 Å². The van der Waals surface area contributed by atoms with Gasteiger partial charge in [0.2, 0.25) is 0 Å². The summed E-state index contributed by atoms with van der Waals surface area (Å²) in [4.78, 5) is 33.8. The molecule has 0 spiro atoms. The van der Waals surface area contributed by atoms with E-state index in [0.29, 0.717) is 70.4 Å². The standard InChI is InChI=1S/C50H63F3N6O5Si/c1-29(2)65(30(3)4,31(5)6)17-16-38-41(52)15-12-33-18-37(63-28-61-11)19-39(42(33)38)44-43(53)45-40(22-54-44)46(57-25-35-13-14-36(26-57)59(35)48(60)64-49(8,9)10)56-47(55-45)62-27-50-20-32(7)23-58(50)24-34(51)21-50/h12,15,18-19,22,29-31,34-36H,7,13-14,20-21,23-28H2,1-6,8-11H3/t34-,35?,36?,50+/m0/s1. The molecule has 8 rings (SSSR count). The number of aromatic nitrogens is 3. The van der Waals surface area contributed by atoms with Gasteiger partial charge in [-0.1, -0.05) is 65.7 Å². The number of carbonyl (C=O) groups is 1. The molecule has 4 aliphatic heterocycles. The summed E-state index contributed by atoms with van der Waals surface area (Å²) in [6.07, 6.45) is 2.55. The summed E-state index contributed by atoms with van der Waals surface area (Å²) in [7, 11) is -0.829. The van der Waals surface area contributed by atoms with Crippen LogP contribution in [0.3, 0.4) is 0 Å². The van der Waals surface area contributed by atoms with E-state index in [0.717, 1.165) is 18.4 Å². The highest BCUT2D eigenvalue weighted by molar-refractivity contribution is 6.90. The van der Waals surface area contributed by atoms with Crippen molar-refractivity contribution in [3.8, 4) is 34.5 Å². The highest BCUT2D eigenvalue weighted by atomic mass is 28.3. The van der Waals surface area contributed by atoms with Gasteiger partial charge >= 0.3 is 12.1 Å². The zero-order valence-electron chi connectivity index (χ0n) is 39.5. The number of fused-ring (bicyclic) bond motifs is 5. The predicted octanol–water partition coefficient (Wildman–Crippen LogP) is 10.4. The first-order chi connectivity index (χ1) is 30.7. The molecule has 0 N–H and O–H groups in total. The van der Waals surface area contributed by atoms with E-state index in [1.54, 1.807) is 24.4 Å². The number of hydrogen-bond acceptors (Lipinski definition) is 10. The number of amides is 1. The highest BCUT2D eigenvalue weighted by Gasteiger charge is 2.51. The molecular formula is C50H63F3N6O5Si. The van der Waals surface area contributed by atoms with Crippen molar-refractivity contribution in [2.45, 2.75) is 134 Å². The molecule has 4 atom stereocenters. The Morgan fingerprint density at radius 1 is 1.00 bits per heavy atom. The third-order valence-corrected chi connectivity index (χ3v) is 20.4. The Morgan fingerprint density at radius 3 is 2.34 bits per heavy atom. The normalized spacial score (nSPS) is 22.4. The first-order valence-electron chi connectivity index (χ1n) is 23.0. The number of methoxy groups -OCH3 is 1. The van der Waals surface area contributed by atoms with E-state index < -0.39 is 37.0 Å². The molecule has 11 nitrogen and oxygen atoms in total. The lowest BCUT2D eigenvalue weighted by atomic mass is 9.93. The van der Waals surface area contributed by atoms with E-state index in [1.807, 2.05) is 30.6 Å². The second kappa shape index (κ2) is 17.7. The topological polar surface area (TPSA) is 102 Å². The lowest BCUT2D eigenvalue weighted by Crippen LogP contribution is -2.57. The molecule has 0 aliphatic carbocycles. The molecule has 2 bridgehead atoms. The Balaban J connectivity index is 1.29. The van der Waals surface area contributed by atoms with Gasteiger partial charge in [0.15, 0.2) is 12.6 Å². The first-order valence-corrected chi connectivity index (χ1v) is 25.2. The van der Waals surface area contributed by atoms with Gasteiger partial charge in [-0.05, 0) is 80.2 Å². The Labute approximate surface area is 382 Å². The molecule has 15 heteroatoms. The van der Waals surface area contributed by atoms with Gasteiger partial charge in [0.25, 0.3) is 0 Å². The summed E-state index contributed by atoms with van der Waals surface area (Å²) < 4.78 is 72.7. The minimum Gasteiger partial charge on any atom is -0.468 e. The predicted molar refractivity (Wildman–Crippen MR) is 251 cm³/mol. The SMILES string of the molecule is C=C1CN2C[C@@H](F)C[C@@]2(COc2nc(N3CC4CCC(C3)N4C(=O)OC(C)(C)C)c3cnc(-c4cc(OCOC)cc5ccc(F)c(C#C[Si](C(C)C)(C(C)C)C(C)C)c45)c(F)c3n2)C1. The maximum atomic E-state index is 17.9. The fourth-order valence-corrected chi connectivity index (χ4v) is 16.6. The lowest BCUT2D eigenvalue weighted by molar-refractivity contribution is 0.0122. The summed E-state index contributed by atoms with van der Waals surface area (Å²) in [6, 6.07) is 6.01. The zero-order valence-corrected chi connectivity index (χ0v) is 40.5. The fraction of sp³-hybridized carbons (Fsp3) is 0.560. The number of anilines is 1. The van der Waals surface area contributed by atoms with Gasteiger partial charge in [0, 0.05) is 56.9 Å². The lowest BCUT2D eigenvalue weighted by Gasteiger charge is -2.42. The number of benzene rings is 2. The number of halogens is 3. The average Bonchev–Trinajstić information content (AvgIpc) is 3.80. The second-order valence-electron chi connectivity index (χ2n) is 20.5. The minimum atomic E-state index is -2.34. The first kappa shape index (κ1) is 46.6. The van der Waals surface area contributed by atoms with Crippen molar-refractivity contribution >= 4 is 41.7 Å². The monoisotopic (exact) mass is 912 g/mol. The van der Waals surface area contributed by atoms with Crippen LogP contribution in [-0.2, 0) is 9.47 Å². The molecule has 6 heterocycles. The van der Waals surface area contributed by atoms with Gasteiger partial charge in [0.05, 0.1) is 28.6 Å². The Kier molecular flexibility index (Phi) is 12.7. The van der Waals surface area contributed by atoms with E-state index in [1.165, 1.54) is 13.2 Å². The number of rotatable bonds is 11. The number of carbonyl (C=O) groups excluding carboxylic acids is 1. The molecule has 1 amide bonds. The molecule has 4 aliphatic rings. The molecule has 348 valence electrons. The summed E-state index contributed by atoms with van der Waals surface area (Å²) in [5.74, 6) is 2.81. The van der Waals surface area contributed by atoms with Crippen molar-refractivity contribution in [3.63, 3.8) is 0 Å². The largest absolute Gasteiger partial charge is 0.468 e. The Morgan fingerprint density at radius 2 is 1.69 bits per heavy atom. The average molecular weight is 913 g/mol. The van der Waals surface area contributed by atoms with Crippen LogP contribution in [0, 0.1) is 23.1 Å². The minimum absolute atomic E-state index is 0.0526. The molecule has 65 heavy (non-hydrogen) atoms. The smallest absolute Gasteiger partial charge is 0.410 e. The van der Waals surface area contributed by atoms with Gasteiger partial charge in [-0.3, -0.25) is 14.8 Å². The molecule has 0 saturated carbocycles. The second-order valence-corrected chi connectivity index (χ2v) is 26.1. The fourth-order valence-electron chi connectivity index (χ4n) is 11.4. The molecule has 2 aromatic carbocycles. The van der Waals surface area contributed by atoms with E-state index in [4.69, 9.17) is 33.9 Å². The number of nitrogens with zero attached hydrogens (tertiary/aromatic N) is 6. The van der Waals surface area contributed by atoms with Crippen LogP contribution < -0.4 is 14.4 Å². The van der Waals surface area contributed by atoms with Crippen molar-refractivity contribution in [3.05, 3.63) is 59.8 Å². The highest BCUT2D eigenvalue weighted by Crippen LogP contribution is 2.45. The number of ether oxygens (including phenoxy) is 4. The van der Waals surface area contributed by atoms with E-state index in [-0.39, 0.29) is 72.9 Å². The molecule has 4 saturated heterocycles. The van der Waals surface area contributed by atoms with Crippen LogP contribution in [0.25, 0.3) is 32.9 Å². The summed E-state index contributed by atoms with van der Waals surface area (Å²) in [6.45, 7) is 24.6. The van der Waals surface area contributed by atoms with Crippen LogP contribution in [0.1, 0.15) is 93.6 Å². The van der Waals surface area contributed by atoms with E-state index >= 15 is 8.78 Å². The number of hydrogen-bond donors (Lipinski definition) is 0.